The third kappa shape index (κ3) is 8.57. The molecule has 0 aliphatic carbocycles. The molecule has 2 heterocycles. The smallest absolute Gasteiger partial charge is 0.790 e. The van der Waals surface area contributed by atoms with Crippen LogP contribution in [0.3, 0.4) is 0 Å². The predicted octanol–water partition coefficient (Wildman–Crippen LogP) is 2.71. The second-order valence-corrected chi connectivity index (χ2v) is 10.4. The molecule has 4 rings (SSSR count). The molecular weight excluding hydrogens is 568 g/mol. The number of unbranched alkanes of at least 4 members (excludes halogenated alkanes) is 1. The van der Waals surface area contributed by atoms with E-state index in [-0.39, 0.29) is 37.7 Å². The van der Waals surface area contributed by atoms with Crippen LogP contribution in [0.1, 0.15) is 12.8 Å². The molecule has 3 aromatic rings. The Balaban J connectivity index is 0.00000380. The van der Waals surface area contributed by atoms with Crippen LogP contribution in [0, 0.1) is 0 Å². The molecule has 0 radical (unpaired) electrons. The van der Waals surface area contributed by atoms with Crippen LogP contribution in [0.5, 0.6) is 5.75 Å². The van der Waals surface area contributed by atoms with E-state index in [4.69, 9.17) is 27.9 Å². The zero-order chi connectivity index (χ0) is 25.7. The minimum Gasteiger partial charge on any atom is -0.790 e. The summed E-state index contributed by atoms with van der Waals surface area (Å²) in [6.45, 7) is 4.41. The molecule has 0 spiro atoms. The van der Waals surface area contributed by atoms with Gasteiger partial charge in [-0.3, -0.25) is 14.3 Å². The molecule has 13 heteroatoms. The molecule has 1 aromatic heterocycles. The minimum absolute atomic E-state index is 0. The number of hydrogen-bond donors (Lipinski definition) is 0. The molecule has 0 bridgehead atoms. The number of fused-ring (bicyclic) bond motifs is 1. The first-order valence-corrected chi connectivity index (χ1v) is 13.8. The number of halogens is 2. The summed E-state index contributed by atoms with van der Waals surface area (Å²) >= 11 is 12.5. The summed E-state index contributed by atoms with van der Waals surface area (Å²) in [5, 5.41) is 1.85. The molecule has 194 valence electrons. The molecule has 0 unspecified atom stereocenters. The fourth-order valence-corrected chi connectivity index (χ4v) is 4.87. The van der Waals surface area contributed by atoms with Gasteiger partial charge in [-0.05, 0) is 55.1 Å². The first-order chi connectivity index (χ1) is 17.2. The van der Waals surface area contributed by atoms with Crippen molar-refractivity contribution in [1.29, 1.82) is 0 Å². The number of phosphoric ester groups is 1. The van der Waals surface area contributed by atoms with E-state index in [1.807, 2.05) is 12.1 Å². The van der Waals surface area contributed by atoms with Gasteiger partial charge in [0, 0.05) is 38.3 Å². The molecule has 1 aliphatic heterocycles. The summed E-state index contributed by atoms with van der Waals surface area (Å²) in [4.78, 5) is 38.5. The van der Waals surface area contributed by atoms with Gasteiger partial charge >= 0.3 is 37.7 Å². The third-order valence-corrected chi connectivity index (χ3v) is 7.33. The summed E-state index contributed by atoms with van der Waals surface area (Å²) in [6.07, 6.45) is 1.81. The summed E-state index contributed by atoms with van der Waals surface area (Å²) in [6, 6.07) is 13.8. The molecule has 0 amide bonds. The number of ether oxygens (including phenoxy) is 1. The van der Waals surface area contributed by atoms with Crippen molar-refractivity contribution < 1.29 is 23.6 Å². The van der Waals surface area contributed by atoms with Gasteiger partial charge in [-0.25, -0.2) is 0 Å². The molecule has 2 aromatic carbocycles. The Bertz CT molecular complexity index is 1310. The van der Waals surface area contributed by atoms with Crippen molar-refractivity contribution in [2.45, 2.75) is 19.6 Å². The van der Waals surface area contributed by atoms with E-state index in [2.05, 4.69) is 14.3 Å². The Kier molecular flexibility index (Phi) is 11.6. The molecule has 1 aliphatic rings. The molecule has 0 atom stereocenters. The maximum absolute atomic E-state index is 12.2. The van der Waals surface area contributed by atoms with Crippen LogP contribution in [-0.4, -0.2) is 86.5 Å². The number of anilines is 1. The van der Waals surface area contributed by atoms with Crippen molar-refractivity contribution in [2.24, 2.45) is 0 Å². The molecule has 1 fully saturated rings. The quantitative estimate of drug-likeness (QED) is 0.200. The van der Waals surface area contributed by atoms with Crippen molar-refractivity contribution >= 4 is 85.4 Å². The van der Waals surface area contributed by atoms with Gasteiger partial charge in [0.15, 0.2) is 0 Å². The third-order valence-electron chi connectivity index (χ3n) is 6.09. The van der Waals surface area contributed by atoms with E-state index >= 15 is 0 Å². The van der Waals surface area contributed by atoms with E-state index in [0.29, 0.717) is 33.3 Å². The van der Waals surface area contributed by atoms with Crippen molar-refractivity contribution in [3.8, 4) is 5.75 Å². The predicted molar refractivity (Wildman–Crippen MR) is 142 cm³/mol. The first-order valence-electron chi connectivity index (χ1n) is 11.6. The summed E-state index contributed by atoms with van der Waals surface area (Å²) in [5.74, 6) is 0.543. The molecule has 0 saturated carbocycles. The number of phosphoric acid groups is 1. The molecular formula is C24H26CaCl2N3O6P. The van der Waals surface area contributed by atoms with E-state index in [1.165, 1.54) is 6.07 Å². The Morgan fingerprint density at radius 3 is 2.43 bits per heavy atom. The van der Waals surface area contributed by atoms with Crippen molar-refractivity contribution in [3.05, 3.63) is 68.9 Å². The topological polar surface area (TPSA) is 110 Å². The van der Waals surface area contributed by atoms with Gasteiger partial charge in [-0.2, -0.15) is 0 Å². The average molecular weight is 594 g/mol. The van der Waals surface area contributed by atoms with Gasteiger partial charge in [0.1, 0.15) is 12.5 Å². The van der Waals surface area contributed by atoms with Crippen LogP contribution in [0.15, 0.2) is 53.3 Å². The van der Waals surface area contributed by atoms with Gasteiger partial charge in [-0.15, -0.1) is 0 Å². The van der Waals surface area contributed by atoms with Crippen molar-refractivity contribution in [1.82, 2.24) is 9.47 Å². The van der Waals surface area contributed by atoms with Gasteiger partial charge in [0.05, 0.1) is 35.7 Å². The van der Waals surface area contributed by atoms with Gasteiger partial charge in [0.2, 0.25) is 0 Å². The van der Waals surface area contributed by atoms with Gasteiger partial charge < -0.3 is 28.5 Å². The fraction of sp³-hybridized carbons (Fsp3) is 0.375. The number of rotatable bonds is 10. The largest absolute Gasteiger partial charge is 2.00 e. The summed E-state index contributed by atoms with van der Waals surface area (Å²) in [5.41, 5.74) is 0.914. The van der Waals surface area contributed by atoms with Crippen molar-refractivity contribution in [2.75, 3.05) is 44.2 Å². The average Bonchev–Trinajstić information content (AvgIpc) is 2.85. The zero-order valence-electron chi connectivity index (χ0n) is 20.2. The SMILES string of the molecule is O=c1ccc2ccc(OCCCCN3CCN(c4cccc(Cl)c4Cl)CC3)cc2n1COP(=O)([O-])[O-].[Ca+2]. The second kappa shape index (κ2) is 14.0. The number of nitrogens with zero attached hydrogens (tertiary/aromatic N) is 3. The molecule has 1 saturated heterocycles. The molecule has 37 heavy (non-hydrogen) atoms. The number of benzene rings is 2. The Hall–Kier alpha value is -0.840. The second-order valence-electron chi connectivity index (χ2n) is 8.48. The van der Waals surface area contributed by atoms with E-state index < -0.39 is 20.1 Å². The number of pyridine rings is 1. The zero-order valence-corrected chi connectivity index (χ0v) is 24.8. The molecule has 0 N–H and O–H groups in total. The van der Waals surface area contributed by atoms with Crippen molar-refractivity contribution in [3.63, 3.8) is 0 Å². The van der Waals surface area contributed by atoms with Crippen LogP contribution < -0.4 is 25.0 Å². The Labute approximate surface area is 255 Å². The summed E-state index contributed by atoms with van der Waals surface area (Å²) in [7, 11) is -5.21. The standard InChI is InChI=1S/C24H28Cl2N3O6P.Ca/c25-20-4-3-5-21(24(20)26)28-13-11-27(12-14-28)10-1-2-15-34-19-8-6-18-7-9-23(30)29(22(18)16-19)17-35-36(31,32)33;/h3-9,16H,1-2,10-15,17H2,(H2,31,32,33);/q;+2/p-2. The number of hydrogen-bond acceptors (Lipinski definition) is 8. The summed E-state index contributed by atoms with van der Waals surface area (Å²) < 4.78 is 22.1. The Morgan fingerprint density at radius 2 is 1.70 bits per heavy atom. The maximum atomic E-state index is 12.2. The Morgan fingerprint density at radius 1 is 0.973 bits per heavy atom. The minimum atomic E-state index is -5.21. The normalized spacial score (nSPS) is 14.5. The fourth-order valence-electron chi connectivity index (χ4n) is 4.20. The monoisotopic (exact) mass is 593 g/mol. The number of aromatic nitrogens is 1. The first kappa shape index (κ1) is 30.7. The van der Waals surface area contributed by atoms with Crippen LogP contribution in [0.2, 0.25) is 10.0 Å². The van der Waals surface area contributed by atoms with Crippen LogP contribution in [0.25, 0.3) is 10.9 Å². The maximum Gasteiger partial charge on any atom is 2.00 e. The van der Waals surface area contributed by atoms with E-state index in [0.717, 1.165) is 55.8 Å². The molecule has 9 nitrogen and oxygen atoms in total. The van der Waals surface area contributed by atoms with Crippen LogP contribution >= 0.6 is 31.0 Å². The van der Waals surface area contributed by atoms with E-state index in [1.54, 1.807) is 30.3 Å². The van der Waals surface area contributed by atoms with Crippen LogP contribution in [0.4, 0.5) is 5.69 Å². The van der Waals surface area contributed by atoms with Gasteiger partial charge in [-0.1, -0.05) is 29.3 Å². The number of piperazine rings is 1. The van der Waals surface area contributed by atoms with Gasteiger partial charge in [0.25, 0.3) is 5.56 Å². The van der Waals surface area contributed by atoms with E-state index in [9.17, 15) is 19.1 Å². The van der Waals surface area contributed by atoms with Crippen LogP contribution in [-0.2, 0) is 15.8 Å².